The molecule has 0 aliphatic carbocycles. The number of amides is 1. The second-order valence-electron chi connectivity index (χ2n) is 4.77. The Labute approximate surface area is 115 Å². The van der Waals surface area contributed by atoms with Crippen molar-refractivity contribution in [3.63, 3.8) is 0 Å². The van der Waals surface area contributed by atoms with E-state index in [4.69, 9.17) is 9.94 Å². The lowest BCUT2D eigenvalue weighted by Crippen LogP contribution is -2.29. The number of aromatic nitrogens is 2. The first kappa shape index (κ1) is 14.6. The third kappa shape index (κ3) is 3.41. The lowest BCUT2D eigenvalue weighted by atomic mass is 10.1. The number of nitrogens with zero attached hydrogens (tertiary/aromatic N) is 3. The van der Waals surface area contributed by atoms with Crippen molar-refractivity contribution in [2.24, 2.45) is 0 Å². The summed E-state index contributed by atoms with van der Waals surface area (Å²) in [6, 6.07) is 1.51. The number of carbonyl (C=O) groups excluding carboxylic acids is 1. The zero-order valence-electron chi connectivity index (χ0n) is 11.4. The van der Waals surface area contributed by atoms with Crippen LogP contribution in [0.3, 0.4) is 0 Å². The van der Waals surface area contributed by atoms with Gasteiger partial charge in [0, 0.05) is 20.2 Å². The molecular weight excluding hydrogens is 264 g/mol. The minimum absolute atomic E-state index is 0.0155. The minimum atomic E-state index is -0.449. The molecule has 0 saturated carbocycles. The number of hydroxylamine groups is 2. The summed E-state index contributed by atoms with van der Waals surface area (Å²) in [4.78, 5) is 32.0. The summed E-state index contributed by atoms with van der Waals surface area (Å²) in [7, 11) is 1.75. The molecule has 0 unspecified atom stereocenters. The topological polar surface area (TPSA) is 96.7 Å². The smallest absolute Gasteiger partial charge is 0.349 e. The highest BCUT2D eigenvalue weighted by Crippen LogP contribution is 2.19. The number of rotatable bonds is 4. The predicted molar refractivity (Wildman–Crippen MR) is 70.9 cm³/mol. The fourth-order valence-electron chi connectivity index (χ4n) is 2.15. The van der Waals surface area contributed by atoms with E-state index in [0.29, 0.717) is 13.0 Å². The van der Waals surface area contributed by atoms with Gasteiger partial charge in [0.2, 0.25) is 5.91 Å². The molecule has 2 N–H and O–H groups in total. The van der Waals surface area contributed by atoms with Crippen LogP contribution in [0.4, 0.5) is 5.82 Å². The highest BCUT2D eigenvalue weighted by Gasteiger charge is 2.30. The van der Waals surface area contributed by atoms with Crippen molar-refractivity contribution in [1.29, 1.82) is 0 Å². The minimum Gasteiger partial charge on any atom is -0.395 e. The zero-order chi connectivity index (χ0) is 14.7. The molecule has 1 aromatic rings. The van der Waals surface area contributed by atoms with Crippen LogP contribution in [0.5, 0.6) is 0 Å². The Bertz CT molecular complexity index is 545. The molecular formula is C12H18N4O4. The molecule has 2 atom stereocenters. The van der Waals surface area contributed by atoms with Gasteiger partial charge in [-0.1, -0.05) is 0 Å². The van der Waals surface area contributed by atoms with Crippen LogP contribution in [0, 0.1) is 0 Å². The number of nitrogens with one attached hydrogen (secondary N) is 1. The predicted octanol–water partition coefficient (Wildman–Crippen LogP) is -0.802. The van der Waals surface area contributed by atoms with Gasteiger partial charge in [-0.15, -0.1) is 0 Å². The van der Waals surface area contributed by atoms with Crippen molar-refractivity contribution in [1.82, 2.24) is 14.6 Å². The zero-order valence-corrected chi connectivity index (χ0v) is 11.4. The third-order valence-corrected chi connectivity index (χ3v) is 3.15. The Hall–Kier alpha value is -1.77. The van der Waals surface area contributed by atoms with Gasteiger partial charge in [0.1, 0.15) is 5.82 Å². The molecule has 0 aromatic carbocycles. The highest BCUT2D eigenvalue weighted by atomic mass is 16.7. The lowest BCUT2D eigenvalue weighted by Gasteiger charge is -2.14. The average Bonchev–Trinajstić information content (AvgIpc) is 2.72. The first-order valence-corrected chi connectivity index (χ1v) is 6.35. The van der Waals surface area contributed by atoms with Crippen LogP contribution >= 0.6 is 0 Å². The Kier molecular flexibility index (Phi) is 4.48. The standard InChI is InChI=1S/C12H18N4O4/c1-8(18)13-11-3-4-16(12(19)14-11)6-10-5-9(7-17)15(2)20-10/h3-4,9-10,17H,5-7H2,1-2H3,(H,13,14,18,19)/t9-,10-/m1/s1. The van der Waals surface area contributed by atoms with Gasteiger partial charge < -0.3 is 10.4 Å². The van der Waals surface area contributed by atoms with Crippen molar-refractivity contribution < 1.29 is 14.7 Å². The van der Waals surface area contributed by atoms with Gasteiger partial charge >= 0.3 is 5.69 Å². The molecule has 1 aliphatic rings. The fraction of sp³-hybridized carbons (Fsp3) is 0.583. The van der Waals surface area contributed by atoms with Crippen LogP contribution in [0.15, 0.2) is 17.1 Å². The largest absolute Gasteiger partial charge is 0.395 e. The number of hydrogen-bond donors (Lipinski definition) is 2. The molecule has 0 radical (unpaired) electrons. The van der Waals surface area contributed by atoms with Crippen LogP contribution in [-0.4, -0.2) is 51.4 Å². The van der Waals surface area contributed by atoms with Crippen molar-refractivity contribution in [3.05, 3.63) is 22.7 Å². The maximum absolute atomic E-state index is 11.8. The summed E-state index contributed by atoms with van der Waals surface area (Å²) in [6.45, 7) is 1.72. The summed E-state index contributed by atoms with van der Waals surface area (Å²) < 4.78 is 1.42. The second kappa shape index (κ2) is 6.12. The molecule has 8 nitrogen and oxygen atoms in total. The van der Waals surface area contributed by atoms with Gasteiger partial charge in [0.25, 0.3) is 0 Å². The van der Waals surface area contributed by atoms with Gasteiger partial charge in [0.15, 0.2) is 0 Å². The average molecular weight is 282 g/mol. The van der Waals surface area contributed by atoms with Crippen LogP contribution in [0.1, 0.15) is 13.3 Å². The number of anilines is 1. The monoisotopic (exact) mass is 282 g/mol. The Morgan fingerprint density at radius 2 is 2.40 bits per heavy atom. The maximum Gasteiger partial charge on any atom is 0.349 e. The maximum atomic E-state index is 11.8. The van der Waals surface area contributed by atoms with Gasteiger partial charge in [-0.2, -0.15) is 10.0 Å². The summed E-state index contributed by atoms with van der Waals surface area (Å²) in [5.74, 6) is -0.0439. The number of likely N-dealkylation sites (N-methyl/N-ethyl adjacent to an activating group) is 1. The van der Waals surface area contributed by atoms with E-state index in [1.54, 1.807) is 24.4 Å². The summed E-state index contributed by atoms with van der Waals surface area (Å²) in [5.41, 5.74) is -0.449. The molecule has 0 spiro atoms. The van der Waals surface area contributed by atoms with Gasteiger partial charge in [-0.3, -0.25) is 14.2 Å². The molecule has 1 aliphatic heterocycles. The fourth-order valence-corrected chi connectivity index (χ4v) is 2.15. The number of aliphatic hydroxyl groups is 1. The molecule has 0 bridgehead atoms. The van der Waals surface area contributed by atoms with E-state index in [2.05, 4.69) is 10.3 Å². The Balaban J connectivity index is 2.04. The molecule has 20 heavy (non-hydrogen) atoms. The van der Waals surface area contributed by atoms with E-state index >= 15 is 0 Å². The van der Waals surface area contributed by atoms with Crippen LogP contribution in [0.25, 0.3) is 0 Å². The summed E-state index contributed by atoms with van der Waals surface area (Å²) in [5, 5.41) is 13.2. The van der Waals surface area contributed by atoms with E-state index < -0.39 is 5.69 Å². The highest BCUT2D eigenvalue weighted by molar-refractivity contribution is 5.87. The van der Waals surface area contributed by atoms with Crippen LogP contribution < -0.4 is 11.0 Å². The van der Waals surface area contributed by atoms with E-state index in [0.717, 1.165) is 0 Å². The normalized spacial score (nSPS) is 22.9. The molecule has 8 heteroatoms. The summed E-state index contributed by atoms with van der Waals surface area (Å²) >= 11 is 0. The van der Waals surface area contributed by atoms with Crippen molar-refractivity contribution in [2.45, 2.75) is 32.0 Å². The summed E-state index contributed by atoms with van der Waals surface area (Å²) in [6.07, 6.45) is 2.03. The van der Waals surface area contributed by atoms with Gasteiger partial charge in [-0.05, 0) is 12.5 Å². The van der Waals surface area contributed by atoms with Crippen LogP contribution in [0.2, 0.25) is 0 Å². The van der Waals surface area contributed by atoms with E-state index in [1.165, 1.54) is 11.5 Å². The first-order chi connectivity index (χ1) is 9.49. The lowest BCUT2D eigenvalue weighted by molar-refractivity contribution is -0.151. The van der Waals surface area contributed by atoms with E-state index in [9.17, 15) is 9.59 Å². The SMILES string of the molecule is CC(=O)Nc1ccn(C[C@H]2C[C@H](CO)N(C)O2)c(=O)n1. The van der Waals surface area contributed by atoms with Crippen LogP contribution in [-0.2, 0) is 16.2 Å². The molecule has 2 heterocycles. The van der Waals surface area contributed by atoms with E-state index in [-0.39, 0.29) is 30.5 Å². The van der Waals surface area contributed by atoms with Crippen molar-refractivity contribution >= 4 is 11.7 Å². The quantitative estimate of drug-likeness (QED) is 0.750. The second-order valence-corrected chi connectivity index (χ2v) is 4.77. The Morgan fingerprint density at radius 3 is 2.95 bits per heavy atom. The van der Waals surface area contributed by atoms with Crippen molar-refractivity contribution in [2.75, 3.05) is 19.0 Å². The molecule has 110 valence electrons. The molecule has 1 saturated heterocycles. The van der Waals surface area contributed by atoms with Gasteiger partial charge in [0.05, 0.1) is 25.3 Å². The number of hydrogen-bond acceptors (Lipinski definition) is 6. The van der Waals surface area contributed by atoms with Crippen molar-refractivity contribution in [3.8, 4) is 0 Å². The third-order valence-electron chi connectivity index (χ3n) is 3.15. The molecule has 1 fully saturated rings. The molecule has 1 amide bonds. The number of aliphatic hydroxyl groups excluding tert-OH is 1. The molecule has 2 rings (SSSR count). The van der Waals surface area contributed by atoms with E-state index in [1.807, 2.05) is 0 Å². The first-order valence-electron chi connectivity index (χ1n) is 6.35. The number of carbonyl (C=O) groups is 1. The Morgan fingerprint density at radius 1 is 1.65 bits per heavy atom. The van der Waals surface area contributed by atoms with Gasteiger partial charge in [-0.25, -0.2) is 4.79 Å². The molecule has 1 aromatic heterocycles.